The van der Waals surface area contributed by atoms with Crippen molar-refractivity contribution in [2.75, 3.05) is 6.61 Å². The average Bonchev–Trinajstić information content (AvgIpc) is 3.08. The van der Waals surface area contributed by atoms with Crippen LogP contribution in [-0.2, 0) is 23.9 Å². The van der Waals surface area contributed by atoms with Gasteiger partial charge in [-0.05, 0) is 79.4 Å². The number of fused-ring (bicyclic) bond motifs is 5. The van der Waals surface area contributed by atoms with Crippen LogP contribution in [0, 0.1) is 40.4 Å². The van der Waals surface area contributed by atoms with Gasteiger partial charge in [0.25, 0.3) is 0 Å². The first-order valence-electron chi connectivity index (χ1n) is 12.1. The van der Waals surface area contributed by atoms with Crippen LogP contribution in [0.1, 0.15) is 84.5 Å². The first-order valence-corrected chi connectivity index (χ1v) is 12.1. The van der Waals surface area contributed by atoms with E-state index >= 15 is 0 Å². The molecule has 0 amide bonds. The van der Waals surface area contributed by atoms with Gasteiger partial charge in [0.15, 0.2) is 5.78 Å². The molecule has 0 saturated heterocycles. The van der Waals surface area contributed by atoms with E-state index in [-0.39, 0.29) is 42.0 Å². The normalized spacial score (nSPS) is 41.6. The fourth-order valence-corrected chi connectivity index (χ4v) is 8.11. The molecule has 172 valence electrons. The van der Waals surface area contributed by atoms with E-state index in [1.54, 1.807) is 0 Å². The van der Waals surface area contributed by atoms with Crippen molar-refractivity contribution in [3.8, 4) is 0 Å². The van der Waals surface area contributed by atoms with E-state index < -0.39 is 11.9 Å². The number of ether oxygens (including phenoxy) is 1. The number of esters is 1. The Labute approximate surface area is 184 Å². The van der Waals surface area contributed by atoms with Gasteiger partial charge < -0.3 is 9.84 Å². The minimum Gasteiger partial charge on any atom is -0.481 e. The van der Waals surface area contributed by atoms with Crippen LogP contribution in [-0.4, -0.2) is 35.2 Å². The molecule has 0 radical (unpaired) electrons. The second kappa shape index (κ2) is 8.32. The Bertz CT molecular complexity index is 774. The molecule has 1 unspecified atom stereocenters. The summed E-state index contributed by atoms with van der Waals surface area (Å²) < 4.78 is 5.11. The Hall–Kier alpha value is -1.72. The average molecular weight is 433 g/mol. The van der Waals surface area contributed by atoms with Gasteiger partial charge in [0, 0.05) is 18.8 Å². The summed E-state index contributed by atoms with van der Waals surface area (Å²) in [5.74, 6) is 1.03. The van der Waals surface area contributed by atoms with E-state index in [1.165, 1.54) is 6.42 Å². The summed E-state index contributed by atoms with van der Waals surface area (Å²) >= 11 is 0. The maximum absolute atomic E-state index is 13.0. The van der Waals surface area contributed by atoms with Crippen LogP contribution in [0.15, 0.2) is 0 Å². The Balaban J connectivity index is 1.41. The first-order chi connectivity index (χ1) is 14.6. The van der Waals surface area contributed by atoms with Crippen molar-refractivity contribution in [2.24, 2.45) is 40.4 Å². The smallest absolute Gasteiger partial charge is 0.306 e. The number of hydrogen-bond acceptors (Lipinski definition) is 5. The first kappa shape index (κ1) is 22.5. The highest BCUT2D eigenvalue weighted by Gasteiger charge is 2.61. The highest BCUT2D eigenvalue weighted by atomic mass is 16.5. The number of carbonyl (C=O) groups is 4. The Morgan fingerprint density at radius 1 is 0.968 bits per heavy atom. The second-order valence-electron chi connectivity index (χ2n) is 11.1. The van der Waals surface area contributed by atoms with Crippen molar-refractivity contribution in [2.45, 2.75) is 84.5 Å². The lowest BCUT2D eigenvalue weighted by molar-refractivity contribution is -0.154. The molecule has 4 fully saturated rings. The van der Waals surface area contributed by atoms with Crippen LogP contribution in [0.4, 0.5) is 0 Å². The van der Waals surface area contributed by atoms with Gasteiger partial charge in [-0.15, -0.1) is 0 Å². The topological polar surface area (TPSA) is 97.7 Å². The van der Waals surface area contributed by atoms with Crippen LogP contribution in [0.3, 0.4) is 0 Å². The third kappa shape index (κ3) is 3.95. The minimum absolute atomic E-state index is 0.00437. The molecule has 7 atom stereocenters. The zero-order valence-corrected chi connectivity index (χ0v) is 18.9. The van der Waals surface area contributed by atoms with Gasteiger partial charge in [0.2, 0.25) is 0 Å². The lowest BCUT2D eigenvalue weighted by atomic mass is 9.44. The van der Waals surface area contributed by atoms with E-state index in [9.17, 15) is 19.2 Å². The van der Waals surface area contributed by atoms with Crippen molar-refractivity contribution >= 4 is 23.5 Å². The predicted molar refractivity (Wildman–Crippen MR) is 113 cm³/mol. The summed E-state index contributed by atoms with van der Waals surface area (Å²) in [7, 11) is 0. The fourth-order valence-electron chi connectivity index (χ4n) is 8.11. The fraction of sp³-hybridized carbons (Fsp3) is 0.840. The SMILES string of the molecule is C[C@]12CC[C@H]3[C@@H](CCC4CC(=O)CC[C@@]43C)[C@@H]1CC[C@@H]2C(=O)COC(=O)CCC(=O)O. The van der Waals surface area contributed by atoms with Gasteiger partial charge in [0.05, 0.1) is 12.8 Å². The Morgan fingerprint density at radius 2 is 1.71 bits per heavy atom. The van der Waals surface area contributed by atoms with Crippen LogP contribution in [0.25, 0.3) is 0 Å². The van der Waals surface area contributed by atoms with Gasteiger partial charge in [0.1, 0.15) is 12.4 Å². The number of ketones is 2. The molecule has 0 spiro atoms. The Morgan fingerprint density at radius 3 is 2.45 bits per heavy atom. The summed E-state index contributed by atoms with van der Waals surface area (Å²) in [5, 5.41) is 8.68. The van der Waals surface area contributed by atoms with Crippen molar-refractivity contribution in [1.82, 2.24) is 0 Å². The number of carboxylic acid groups (broad SMARTS) is 1. The van der Waals surface area contributed by atoms with E-state index in [0.29, 0.717) is 29.5 Å². The zero-order valence-electron chi connectivity index (χ0n) is 18.9. The molecule has 1 N–H and O–H groups in total. The standard InChI is InChI=1S/C25H36O6/c1-24-11-9-16(26)13-15(24)3-4-17-18-5-6-20(25(18,2)12-10-19(17)24)21(27)14-31-23(30)8-7-22(28)29/h15,17-20H,3-14H2,1-2H3,(H,28,29)/t15?,17-,18-,19-,20+,24-,25-/m0/s1. The largest absolute Gasteiger partial charge is 0.481 e. The lowest BCUT2D eigenvalue weighted by Gasteiger charge is -2.60. The number of Topliss-reactive ketones (excluding diaryl/α,β-unsaturated/α-hetero) is 2. The molecule has 4 rings (SSSR count). The maximum Gasteiger partial charge on any atom is 0.306 e. The monoisotopic (exact) mass is 432 g/mol. The molecule has 31 heavy (non-hydrogen) atoms. The molecule has 0 heterocycles. The summed E-state index contributed by atoms with van der Waals surface area (Å²) in [6, 6.07) is 0. The molecule has 6 heteroatoms. The number of hydrogen-bond donors (Lipinski definition) is 1. The van der Waals surface area contributed by atoms with Crippen LogP contribution in [0.5, 0.6) is 0 Å². The molecular weight excluding hydrogens is 396 g/mol. The van der Waals surface area contributed by atoms with E-state index in [2.05, 4.69) is 13.8 Å². The molecule has 6 nitrogen and oxygen atoms in total. The molecule has 0 aromatic rings. The molecular formula is C25H36O6. The second-order valence-corrected chi connectivity index (χ2v) is 11.1. The third-order valence-electron chi connectivity index (χ3n) is 9.79. The highest BCUT2D eigenvalue weighted by Crippen LogP contribution is 2.67. The predicted octanol–water partition coefficient (Wildman–Crippen LogP) is 4.19. The molecule has 4 saturated carbocycles. The number of carboxylic acids is 1. The molecule has 0 aromatic heterocycles. The van der Waals surface area contributed by atoms with Crippen molar-refractivity contribution in [3.05, 3.63) is 0 Å². The number of aliphatic carboxylic acids is 1. The van der Waals surface area contributed by atoms with Crippen molar-refractivity contribution in [3.63, 3.8) is 0 Å². The maximum atomic E-state index is 13.0. The highest BCUT2D eigenvalue weighted by molar-refractivity contribution is 5.86. The summed E-state index contributed by atoms with van der Waals surface area (Å²) in [6.45, 7) is 4.47. The molecule has 0 aromatic carbocycles. The minimum atomic E-state index is -1.04. The quantitative estimate of drug-likeness (QED) is 0.632. The molecule has 0 aliphatic heterocycles. The van der Waals surface area contributed by atoms with Crippen LogP contribution in [0.2, 0.25) is 0 Å². The van der Waals surface area contributed by atoms with Gasteiger partial charge in [-0.25, -0.2) is 0 Å². The van der Waals surface area contributed by atoms with Gasteiger partial charge in [-0.1, -0.05) is 13.8 Å². The molecule has 0 bridgehead atoms. The van der Waals surface area contributed by atoms with E-state index in [1.807, 2.05) is 0 Å². The van der Waals surface area contributed by atoms with Gasteiger partial charge in [-0.3, -0.25) is 19.2 Å². The van der Waals surface area contributed by atoms with E-state index in [0.717, 1.165) is 51.4 Å². The number of carbonyl (C=O) groups excluding carboxylic acids is 3. The summed E-state index contributed by atoms with van der Waals surface area (Å²) in [4.78, 5) is 47.4. The van der Waals surface area contributed by atoms with Gasteiger partial charge >= 0.3 is 11.9 Å². The number of rotatable bonds is 6. The molecule has 4 aliphatic carbocycles. The molecule has 4 aliphatic rings. The van der Waals surface area contributed by atoms with Crippen molar-refractivity contribution < 1.29 is 29.0 Å². The van der Waals surface area contributed by atoms with Crippen molar-refractivity contribution in [1.29, 1.82) is 0 Å². The van der Waals surface area contributed by atoms with Crippen LogP contribution < -0.4 is 0 Å². The van der Waals surface area contributed by atoms with Crippen LogP contribution >= 0.6 is 0 Å². The Kier molecular flexibility index (Phi) is 6.04. The summed E-state index contributed by atoms with van der Waals surface area (Å²) in [6.07, 6.45) is 8.41. The van der Waals surface area contributed by atoms with Gasteiger partial charge in [-0.2, -0.15) is 0 Å². The lowest BCUT2D eigenvalue weighted by Crippen LogP contribution is -2.54. The van der Waals surface area contributed by atoms with E-state index in [4.69, 9.17) is 9.84 Å². The summed E-state index contributed by atoms with van der Waals surface area (Å²) in [5.41, 5.74) is 0.222. The third-order valence-corrected chi connectivity index (χ3v) is 9.79. The zero-order chi connectivity index (χ0) is 22.4.